The summed E-state index contributed by atoms with van der Waals surface area (Å²) in [5.74, 6) is 0. The van der Waals surface area contributed by atoms with Crippen LogP contribution in [-0.2, 0) is 16.8 Å². The van der Waals surface area contributed by atoms with Crippen LogP contribution in [0.15, 0.2) is 48.8 Å². The Labute approximate surface area is 211 Å². The van der Waals surface area contributed by atoms with Gasteiger partial charge in [-0.1, -0.05) is 71.9 Å². The number of pyridine rings is 1. The van der Waals surface area contributed by atoms with E-state index < -0.39 is 21.0 Å². The first kappa shape index (κ1) is 24.8. The topological polar surface area (TPSA) is 50.5 Å². The standard InChI is InChI=1S/C28H40BN3O2Si/c1-20(2)35(21(3)4,22(5)6)32-15-12-24-26-25(18-30-27(24)32)29(33)34-28(26)13-16-31(17-14-28)19-23-10-8-7-9-11-23/h7-12,15,18,20-22,33H,13-14,16-17,19H2,1-6H3. The van der Waals surface area contributed by atoms with Crippen LogP contribution in [0.25, 0.3) is 11.0 Å². The third-order valence-electron chi connectivity index (χ3n) is 8.91. The van der Waals surface area contributed by atoms with Crippen molar-refractivity contribution in [1.29, 1.82) is 0 Å². The molecule has 0 radical (unpaired) electrons. The quantitative estimate of drug-likeness (QED) is 0.480. The molecule has 0 aliphatic carbocycles. The first-order valence-electron chi connectivity index (χ1n) is 13.3. The van der Waals surface area contributed by atoms with Crippen molar-refractivity contribution in [2.45, 2.75) is 83.2 Å². The number of nitrogens with zero attached hydrogens (tertiary/aromatic N) is 3. The summed E-state index contributed by atoms with van der Waals surface area (Å²) in [6.45, 7) is 17.2. The second-order valence-corrected chi connectivity index (χ2v) is 17.3. The average molecular weight is 490 g/mol. The van der Waals surface area contributed by atoms with E-state index in [-0.39, 0.29) is 0 Å². The maximum absolute atomic E-state index is 10.9. The molecule has 0 unspecified atom stereocenters. The summed E-state index contributed by atoms with van der Waals surface area (Å²) in [6, 6.07) is 12.9. The van der Waals surface area contributed by atoms with Gasteiger partial charge in [0.25, 0.3) is 0 Å². The van der Waals surface area contributed by atoms with Crippen molar-refractivity contribution < 1.29 is 9.68 Å². The summed E-state index contributed by atoms with van der Waals surface area (Å²) >= 11 is 0. The van der Waals surface area contributed by atoms with E-state index in [1.165, 1.54) is 16.5 Å². The zero-order valence-electron chi connectivity index (χ0n) is 22.2. The highest BCUT2D eigenvalue weighted by Crippen LogP contribution is 2.47. The van der Waals surface area contributed by atoms with E-state index in [1.54, 1.807) is 0 Å². The van der Waals surface area contributed by atoms with E-state index >= 15 is 0 Å². The number of fused-ring (bicyclic) bond motifs is 4. The third-order valence-corrected chi connectivity index (χ3v) is 15.7. The Bertz CT molecular complexity index is 1160. The summed E-state index contributed by atoms with van der Waals surface area (Å²) in [7, 11) is -2.83. The van der Waals surface area contributed by atoms with E-state index in [0.717, 1.165) is 43.6 Å². The highest BCUT2D eigenvalue weighted by molar-refractivity contribution is 6.82. The molecule has 0 atom stereocenters. The molecule has 2 aliphatic rings. The maximum atomic E-state index is 10.9. The SMILES string of the molecule is CC(C)[Si](C(C)C)(C(C)C)n1ccc2c3c(cnc21)B(O)OC31CCN(Cc2ccccc2)CC1. The minimum Gasteiger partial charge on any atom is -0.423 e. The first-order chi connectivity index (χ1) is 16.7. The van der Waals surface area contributed by atoms with Crippen molar-refractivity contribution in [1.82, 2.24) is 14.1 Å². The molecule has 0 amide bonds. The minimum atomic E-state index is -1.94. The molecule has 2 aromatic heterocycles. The zero-order valence-corrected chi connectivity index (χ0v) is 23.2. The summed E-state index contributed by atoms with van der Waals surface area (Å²) in [4.78, 5) is 7.48. The summed E-state index contributed by atoms with van der Waals surface area (Å²) in [5.41, 5.74) is 5.80. The van der Waals surface area contributed by atoms with Crippen LogP contribution >= 0.6 is 0 Å². The van der Waals surface area contributed by atoms with Crippen molar-refractivity contribution in [2.24, 2.45) is 0 Å². The molecule has 0 saturated carbocycles. The van der Waals surface area contributed by atoms with E-state index in [4.69, 9.17) is 9.64 Å². The summed E-state index contributed by atoms with van der Waals surface area (Å²) < 4.78 is 8.97. The molecule has 1 aromatic carbocycles. The van der Waals surface area contributed by atoms with Gasteiger partial charge in [0, 0.05) is 36.7 Å². The second kappa shape index (κ2) is 9.18. The van der Waals surface area contributed by atoms with Crippen LogP contribution < -0.4 is 5.46 Å². The van der Waals surface area contributed by atoms with Crippen LogP contribution in [0.5, 0.6) is 0 Å². The normalized spacial score (nSPS) is 18.5. The molecule has 35 heavy (non-hydrogen) atoms. The molecule has 1 N–H and O–H groups in total. The van der Waals surface area contributed by atoms with Gasteiger partial charge in [-0.2, -0.15) is 0 Å². The lowest BCUT2D eigenvalue weighted by Gasteiger charge is -2.44. The lowest BCUT2D eigenvalue weighted by atomic mass is 9.76. The van der Waals surface area contributed by atoms with Gasteiger partial charge in [-0.25, -0.2) is 4.98 Å². The van der Waals surface area contributed by atoms with Crippen molar-refractivity contribution in [2.75, 3.05) is 13.1 Å². The fraction of sp³-hybridized carbons (Fsp3) is 0.536. The average Bonchev–Trinajstić information content (AvgIpc) is 3.35. The Morgan fingerprint density at radius 2 is 1.63 bits per heavy atom. The molecule has 7 heteroatoms. The lowest BCUT2D eigenvalue weighted by Crippen LogP contribution is -2.51. The zero-order chi connectivity index (χ0) is 25.0. The van der Waals surface area contributed by atoms with Crippen molar-refractivity contribution in [3.63, 3.8) is 0 Å². The van der Waals surface area contributed by atoms with Gasteiger partial charge >= 0.3 is 7.12 Å². The van der Waals surface area contributed by atoms with E-state index in [2.05, 4.69) is 93.3 Å². The Hall–Kier alpha value is -1.93. The molecule has 1 saturated heterocycles. The molecule has 3 aromatic rings. The van der Waals surface area contributed by atoms with Crippen molar-refractivity contribution in [3.8, 4) is 0 Å². The van der Waals surface area contributed by atoms with E-state index in [9.17, 15) is 5.02 Å². The molecular formula is C28H40BN3O2Si. The fourth-order valence-corrected chi connectivity index (χ4v) is 14.1. The Morgan fingerprint density at radius 1 is 1.00 bits per heavy atom. The molecule has 5 nitrogen and oxygen atoms in total. The maximum Gasteiger partial charge on any atom is 0.493 e. The molecule has 186 valence electrons. The molecule has 0 bridgehead atoms. The van der Waals surface area contributed by atoms with Gasteiger partial charge in [0.05, 0.1) is 5.60 Å². The van der Waals surface area contributed by atoms with Crippen LogP contribution in [0.3, 0.4) is 0 Å². The summed E-state index contributed by atoms with van der Waals surface area (Å²) in [5, 5.41) is 12.1. The lowest BCUT2D eigenvalue weighted by molar-refractivity contribution is -0.00669. The molecule has 5 rings (SSSR count). The predicted molar refractivity (Wildman–Crippen MR) is 148 cm³/mol. The van der Waals surface area contributed by atoms with Gasteiger partial charge in [0.15, 0.2) is 8.24 Å². The van der Waals surface area contributed by atoms with Crippen LogP contribution in [0.4, 0.5) is 0 Å². The van der Waals surface area contributed by atoms with Gasteiger partial charge < -0.3 is 13.9 Å². The second-order valence-electron chi connectivity index (χ2n) is 11.6. The van der Waals surface area contributed by atoms with Crippen LogP contribution in [-0.4, -0.2) is 47.6 Å². The van der Waals surface area contributed by atoms with Crippen LogP contribution in [0.2, 0.25) is 16.6 Å². The first-order valence-corrected chi connectivity index (χ1v) is 15.5. The number of hydrogen-bond donors (Lipinski definition) is 1. The highest BCUT2D eigenvalue weighted by Gasteiger charge is 2.51. The molecule has 4 heterocycles. The Kier molecular flexibility index (Phi) is 6.49. The molecule has 2 aliphatic heterocycles. The third kappa shape index (κ3) is 3.83. The minimum absolute atomic E-state index is 0.437. The van der Waals surface area contributed by atoms with Gasteiger partial charge in [-0.3, -0.25) is 4.90 Å². The number of rotatable bonds is 6. The number of aromatic nitrogens is 2. The van der Waals surface area contributed by atoms with Gasteiger partial charge in [0.1, 0.15) is 5.65 Å². The predicted octanol–water partition coefficient (Wildman–Crippen LogP) is 5.27. The molecule has 1 fully saturated rings. The largest absolute Gasteiger partial charge is 0.493 e. The van der Waals surface area contributed by atoms with E-state index in [0.29, 0.717) is 16.6 Å². The number of hydrogen-bond acceptors (Lipinski definition) is 4. The number of piperidine rings is 1. The smallest absolute Gasteiger partial charge is 0.423 e. The fourth-order valence-electron chi connectivity index (χ4n) is 7.56. The van der Waals surface area contributed by atoms with Gasteiger partial charge in [-0.15, -0.1) is 0 Å². The van der Waals surface area contributed by atoms with Crippen molar-refractivity contribution in [3.05, 3.63) is 59.9 Å². The monoisotopic (exact) mass is 489 g/mol. The number of benzene rings is 1. The number of likely N-dealkylation sites (tertiary alicyclic amines) is 1. The van der Waals surface area contributed by atoms with Gasteiger partial charge in [-0.05, 0) is 52.9 Å². The molecule has 1 spiro atoms. The summed E-state index contributed by atoms with van der Waals surface area (Å²) in [6.07, 6.45) is 5.96. The van der Waals surface area contributed by atoms with Crippen LogP contribution in [0, 0.1) is 0 Å². The Balaban J connectivity index is 1.54. The highest BCUT2D eigenvalue weighted by atomic mass is 28.3. The van der Waals surface area contributed by atoms with Crippen molar-refractivity contribution >= 4 is 31.9 Å². The van der Waals surface area contributed by atoms with E-state index in [1.807, 2.05) is 6.20 Å². The van der Waals surface area contributed by atoms with Gasteiger partial charge in [0.2, 0.25) is 0 Å². The Morgan fingerprint density at radius 3 is 2.23 bits per heavy atom. The molecular weight excluding hydrogens is 449 g/mol. The van der Waals surface area contributed by atoms with Crippen LogP contribution in [0.1, 0.15) is 65.5 Å².